The minimum atomic E-state index is -0.465. The first kappa shape index (κ1) is 19.5. The second-order valence-corrected chi connectivity index (χ2v) is 6.76. The number of nitro groups is 1. The number of nitro benzene ring substituents is 1. The molecular formula is C20H20N6O4. The molecule has 4 rings (SSSR count). The van der Waals surface area contributed by atoms with Crippen LogP contribution in [0.3, 0.4) is 0 Å². The zero-order valence-electron chi connectivity index (χ0n) is 16.1. The van der Waals surface area contributed by atoms with Crippen LogP contribution in [0.25, 0.3) is 11.4 Å². The highest BCUT2D eigenvalue weighted by Crippen LogP contribution is 2.20. The first-order valence-electron chi connectivity index (χ1n) is 9.45. The average Bonchev–Trinajstić information content (AvgIpc) is 3.23. The van der Waals surface area contributed by atoms with E-state index >= 15 is 0 Å². The molecule has 2 aromatic carbocycles. The van der Waals surface area contributed by atoms with Gasteiger partial charge in [0.25, 0.3) is 5.69 Å². The van der Waals surface area contributed by atoms with Crippen molar-refractivity contribution in [3.63, 3.8) is 0 Å². The molecule has 154 valence electrons. The second kappa shape index (κ2) is 8.70. The lowest BCUT2D eigenvalue weighted by atomic mass is 10.2. The Morgan fingerprint density at radius 1 is 1.10 bits per heavy atom. The van der Waals surface area contributed by atoms with Crippen molar-refractivity contribution in [2.24, 2.45) is 0 Å². The van der Waals surface area contributed by atoms with Gasteiger partial charge in [0.2, 0.25) is 5.91 Å². The normalized spacial score (nSPS) is 13.8. The van der Waals surface area contributed by atoms with Crippen LogP contribution in [-0.2, 0) is 16.1 Å². The number of anilines is 2. The molecule has 2 heterocycles. The van der Waals surface area contributed by atoms with E-state index in [-0.39, 0.29) is 18.1 Å². The third kappa shape index (κ3) is 4.61. The number of hydrogen-bond donors (Lipinski definition) is 1. The van der Waals surface area contributed by atoms with Gasteiger partial charge in [-0.1, -0.05) is 0 Å². The average molecular weight is 408 g/mol. The fraction of sp³-hybridized carbons (Fsp3) is 0.250. The molecule has 0 saturated carbocycles. The van der Waals surface area contributed by atoms with Gasteiger partial charge in [-0.05, 0) is 36.4 Å². The van der Waals surface area contributed by atoms with Crippen LogP contribution in [-0.4, -0.2) is 51.9 Å². The Hall–Kier alpha value is -3.79. The molecule has 1 amide bonds. The number of benzene rings is 2. The van der Waals surface area contributed by atoms with Crippen LogP contribution in [0.5, 0.6) is 0 Å². The Balaban J connectivity index is 1.34. The predicted octanol–water partition coefficient (Wildman–Crippen LogP) is 2.33. The van der Waals surface area contributed by atoms with E-state index in [4.69, 9.17) is 4.74 Å². The lowest BCUT2D eigenvalue weighted by molar-refractivity contribution is -0.384. The van der Waals surface area contributed by atoms with Gasteiger partial charge in [0.05, 0.1) is 18.1 Å². The van der Waals surface area contributed by atoms with Gasteiger partial charge in [-0.25, -0.2) is 9.67 Å². The second-order valence-electron chi connectivity index (χ2n) is 6.76. The number of carbonyl (C=O) groups is 1. The van der Waals surface area contributed by atoms with Gasteiger partial charge in [-0.15, -0.1) is 0 Å². The van der Waals surface area contributed by atoms with Gasteiger partial charge in [-0.3, -0.25) is 14.9 Å². The SMILES string of the molecule is O=C(Cn1cnc(-c2ccc([N+](=O)[O-])cc2)n1)Nc1ccc(N2CCOCC2)cc1. The number of nitrogens with zero attached hydrogens (tertiary/aromatic N) is 5. The Morgan fingerprint density at radius 2 is 1.80 bits per heavy atom. The molecule has 0 bridgehead atoms. The molecule has 0 aliphatic carbocycles. The summed E-state index contributed by atoms with van der Waals surface area (Å²) in [6, 6.07) is 13.6. The number of aromatic nitrogens is 3. The fourth-order valence-corrected chi connectivity index (χ4v) is 3.16. The first-order valence-corrected chi connectivity index (χ1v) is 9.45. The summed E-state index contributed by atoms with van der Waals surface area (Å²) < 4.78 is 6.78. The van der Waals surface area contributed by atoms with Gasteiger partial charge in [0, 0.05) is 42.2 Å². The zero-order valence-corrected chi connectivity index (χ0v) is 16.1. The number of ether oxygens (including phenoxy) is 1. The summed E-state index contributed by atoms with van der Waals surface area (Å²) in [5, 5.41) is 17.9. The number of morpholine rings is 1. The minimum Gasteiger partial charge on any atom is -0.378 e. The molecule has 1 aromatic heterocycles. The van der Waals surface area contributed by atoms with E-state index in [0.717, 1.165) is 32.0 Å². The van der Waals surface area contributed by atoms with Crippen LogP contribution < -0.4 is 10.2 Å². The lowest BCUT2D eigenvalue weighted by Gasteiger charge is -2.28. The van der Waals surface area contributed by atoms with Crippen LogP contribution in [0.4, 0.5) is 17.1 Å². The quantitative estimate of drug-likeness (QED) is 0.492. The third-order valence-electron chi connectivity index (χ3n) is 4.71. The van der Waals surface area contributed by atoms with E-state index in [1.807, 2.05) is 24.3 Å². The fourth-order valence-electron chi connectivity index (χ4n) is 3.16. The highest BCUT2D eigenvalue weighted by Gasteiger charge is 2.12. The van der Waals surface area contributed by atoms with Gasteiger partial charge < -0.3 is 15.0 Å². The number of nitrogens with one attached hydrogen (secondary N) is 1. The molecule has 0 radical (unpaired) electrons. The van der Waals surface area contributed by atoms with Crippen LogP contribution in [0, 0.1) is 10.1 Å². The largest absolute Gasteiger partial charge is 0.378 e. The number of amides is 1. The van der Waals surface area contributed by atoms with Crippen molar-refractivity contribution in [1.82, 2.24) is 14.8 Å². The third-order valence-corrected chi connectivity index (χ3v) is 4.71. The molecule has 10 heteroatoms. The summed E-state index contributed by atoms with van der Waals surface area (Å²) in [5.74, 6) is 0.168. The number of hydrogen-bond acceptors (Lipinski definition) is 7. The Kier molecular flexibility index (Phi) is 5.66. The van der Waals surface area contributed by atoms with Gasteiger partial charge >= 0.3 is 0 Å². The Labute approximate surface area is 172 Å². The molecule has 1 N–H and O–H groups in total. The minimum absolute atomic E-state index is 0.00259. The van der Waals surface area contributed by atoms with E-state index in [1.165, 1.54) is 23.1 Å². The van der Waals surface area contributed by atoms with E-state index in [2.05, 4.69) is 20.3 Å². The maximum atomic E-state index is 12.3. The Morgan fingerprint density at radius 3 is 2.47 bits per heavy atom. The van der Waals surface area contributed by atoms with E-state index in [1.54, 1.807) is 12.1 Å². The van der Waals surface area contributed by atoms with Crippen LogP contribution in [0.15, 0.2) is 54.9 Å². The highest BCUT2D eigenvalue weighted by atomic mass is 16.6. The molecule has 0 spiro atoms. The van der Waals surface area contributed by atoms with Crippen LogP contribution >= 0.6 is 0 Å². The van der Waals surface area contributed by atoms with Crippen LogP contribution in [0.2, 0.25) is 0 Å². The molecule has 10 nitrogen and oxygen atoms in total. The zero-order chi connectivity index (χ0) is 20.9. The summed E-state index contributed by atoms with van der Waals surface area (Å²) in [5.41, 5.74) is 2.43. The first-order chi connectivity index (χ1) is 14.6. The summed E-state index contributed by atoms with van der Waals surface area (Å²) in [7, 11) is 0. The van der Waals surface area contributed by atoms with Gasteiger partial charge in [0.1, 0.15) is 12.9 Å². The molecule has 0 unspecified atom stereocenters. The van der Waals surface area contributed by atoms with Crippen LogP contribution in [0.1, 0.15) is 0 Å². The number of rotatable bonds is 6. The molecule has 1 saturated heterocycles. The molecular weight excluding hydrogens is 388 g/mol. The number of carbonyl (C=O) groups excluding carboxylic acids is 1. The molecule has 1 fully saturated rings. The summed E-state index contributed by atoms with van der Waals surface area (Å²) in [6.07, 6.45) is 1.46. The molecule has 1 aliphatic heterocycles. The lowest BCUT2D eigenvalue weighted by Crippen LogP contribution is -2.36. The maximum absolute atomic E-state index is 12.3. The van der Waals surface area contributed by atoms with Crippen molar-refractivity contribution in [3.8, 4) is 11.4 Å². The monoisotopic (exact) mass is 408 g/mol. The molecule has 3 aromatic rings. The smallest absolute Gasteiger partial charge is 0.269 e. The topological polar surface area (TPSA) is 115 Å². The predicted molar refractivity (Wildman–Crippen MR) is 110 cm³/mol. The molecule has 30 heavy (non-hydrogen) atoms. The van der Waals surface area contributed by atoms with E-state index in [9.17, 15) is 14.9 Å². The van der Waals surface area contributed by atoms with Crippen molar-refractivity contribution in [2.45, 2.75) is 6.54 Å². The van der Waals surface area contributed by atoms with Gasteiger partial charge in [-0.2, -0.15) is 5.10 Å². The van der Waals surface area contributed by atoms with E-state index in [0.29, 0.717) is 17.1 Å². The summed E-state index contributed by atoms with van der Waals surface area (Å²) in [4.78, 5) is 29.0. The van der Waals surface area contributed by atoms with E-state index < -0.39 is 4.92 Å². The molecule has 0 atom stereocenters. The Bertz CT molecular complexity index is 1030. The number of non-ortho nitro benzene ring substituents is 1. The maximum Gasteiger partial charge on any atom is 0.269 e. The standard InChI is InChI=1S/C20H20N6O4/c27-19(22-16-3-7-17(8-4-16)24-9-11-30-12-10-24)13-25-14-21-20(23-25)15-1-5-18(6-2-15)26(28)29/h1-8,14H,9-13H2,(H,22,27). The van der Waals surface area contributed by atoms with Crippen molar-refractivity contribution >= 4 is 23.0 Å². The van der Waals surface area contributed by atoms with Crippen molar-refractivity contribution < 1.29 is 14.5 Å². The van der Waals surface area contributed by atoms with Crippen molar-refractivity contribution in [2.75, 3.05) is 36.5 Å². The van der Waals surface area contributed by atoms with Crippen molar-refractivity contribution in [3.05, 3.63) is 65.0 Å². The van der Waals surface area contributed by atoms with Crippen molar-refractivity contribution in [1.29, 1.82) is 0 Å². The highest BCUT2D eigenvalue weighted by molar-refractivity contribution is 5.90. The summed E-state index contributed by atoms with van der Waals surface area (Å²) >= 11 is 0. The van der Waals surface area contributed by atoms with Gasteiger partial charge in [0.15, 0.2) is 5.82 Å². The summed E-state index contributed by atoms with van der Waals surface area (Å²) in [6.45, 7) is 3.16. The molecule has 1 aliphatic rings.